The van der Waals surface area contributed by atoms with Crippen molar-refractivity contribution >= 4 is 17.2 Å². The number of nitrogen functional groups attached to an aromatic ring is 2. The van der Waals surface area contributed by atoms with E-state index in [0.717, 1.165) is 32.8 Å². The third-order valence-electron chi connectivity index (χ3n) is 3.17. The average Bonchev–Trinajstić information content (AvgIpc) is 2.40. The first-order valence-electron chi connectivity index (χ1n) is 6.15. The highest BCUT2D eigenvalue weighted by Gasteiger charge is 2.13. The highest BCUT2D eigenvalue weighted by Crippen LogP contribution is 2.17. The fraction of sp³-hybridized carbons (Fsp3) is 0.462. The molecule has 0 aromatic heterocycles. The number of rotatable bonds is 4. The molecule has 0 aliphatic carbocycles. The summed E-state index contributed by atoms with van der Waals surface area (Å²) >= 11 is 0. The van der Waals surface area contributed by atoms with Crippen LogP contribution in [0.25, 0.3) is 0 Å². The number of ketones is 1. The summed E-state index contributed by atoms with van der Waals surface area (Å²) in [5, 5.41) is 0. The number of hydrogen-bond acceptors (Lipinski definition) is 5. The van der Waals surface area contributed by atoms with Crippen LogP contribution in [0.4, 0.5) is 11.4 Å². The summed E-state index contributed by atoms with van der Waals surface area (Å²) in [6.07, 6.45) is 0.503. The van der Waals surface area contributed by atoms with Crippen molar-refractivity contribution < 1.29 is 9.53 Å². The quantitative estimate of drug-likeness (QED) is 0.608. The van der Waals surface area contributed by atoms with Gasteiger partial charge in [-0.3, -0.25) is 9.69 Å². The summed E-state index contributed by atoms with van der Waals surface area (Å²) in [4.78, 5) is 14.2. The van der Waals surface area contributed by atoms with Gasteiger partial charge >= 0.3 is 0 Å². The number of Topliss-reactive ketones (excluding diaryl/α,β-unsaturated/α-hetero) is 1. The van der Waals surface area contributed by atoms with Crippen LogP contribution < -0.4 is 11.5 Å². The molecule has 0 amide bonds. The number of nitrogens with zero attached hydrogens (tertiary/aromatic N) is 1. The molecule has 98 valence electrons. The Morgan fingerprint density at radius 2 is 1.94 bits per heavy atom. The molecule has 1 aromatic carbocycles. The lowest BCUT2D eigenvalue weighted by Crippen LogP contribution is -2.37. The lowest BCUT2D eigenvalue weighted by atomic mass is 10.1. The molecule has 2 rings (SSSR count). The molecule has 1 aromatic rings. The van der Waals surface area contributed by atoms with Crippen LogP contribution >= 0.6 is 0 Å². The Morgan fingerprint density at radius 1 is 1.22 bits per heavy atom. The second-order valence-electron chi connectivity index (χ2n) is 4.47. The van der Waals surface area contributed by atoms with Gasteiger partial charge in [-0.05, 0) is 18.2 Å². The summed E-state index contributed by atoms with van der Waals surface area (Å²) in [5.41, 5.74) is 12.9. The molecule has 0 bridgehead atoms. The minimum Gasteiger partial charge on any atom is -0.397 e. The first-order chi connectivity index (χ1) is 8.66. The molecule has 1 heterocycles. The Labute approximate surface area is 107 Å². The van der Waals surface area contributed by atoms with Crippen LogP contribution in [0.1, 0.15) is 16.8 Å². The van der Waals surface area contributed by atoms with E-state index in [-0.39, 0.29) is 5.78 Å². The normalized spacial score (nSPS) is 16.7. The minimum absolute atomic E-state index is 0.105. The lowest BCUT2D eigenvalue weighted by Gasteiger charge is -2.26. The van der Waals surface area contributed by atoms with E-state index in [9.17, 15) is 4.79 Å². The molecule has 0 spiro atoms. The molecule has 4 N–H and O–H groups in total. The summed E-state index contributed by atoms with van der Waals surface area (Å²) in [6.45, 7) is 4.08. The Balaban J connectivity index is 1.88. The number of nitrogens with two attached hydrogens (primary N) is 2. The second-order valence-corrected chi connectivity index (χ2v) is 4.47. The summed E-state index contributed by atoms with van der Waals surface area (Å²) in [6, 6.07) is 5.06. The molecule has 1 saturated heterocycles. The Bertz CT molecular complexity index is 428. The molecule has 18 heavy (non-hydrogen) atoms. The van der Waals surface area contributed by atoms with Gasteiger partial charge in [0.25, 0.3) is 0 Å². The van der Waals surface area contributed by atoms with E-state index >= 15 is 0 Å². The van der Waals surface area contributed by atoms with Gasteiger partial charge in [-0.2, -0.15) is 0 Å². The Hall–Kier alpha value is -1.59. The van der Waals surface area contributed by atoms with Gasteiger partial charge in [-0.1, -0.05) is 0 Å². The molecule has 5 nitrogen and oxygen atoms in total. The van der Waals surface area contributed by atoms with Crippen molar-refractivity contribution in [2.75, 3.05) is 44.3 Å². The van der Waals surface area contributed by atoms with E-state index in [4.69, 9.17) is 16.2 Å². The van der Waals surface area contributed by atoms with Crippen molar-refractivity contribution in [2.24, 2.45) is 0 Å². The smallest absolute Gasteiger partial charge is 0.164 e. The maximum absolute atomic E-state index is 12.0. The minimum atomic E-state index is 0.105. The summed E-state index contributed by atoms with van der Waals surface area (Å²) in [5.74, 6) is 0.105. The molecule has 1 aliphatic heterocycles. The number of carbonyl (C=O) groups excluding carboxylic acids is 1. The molecule has 0 unspecified atom stereocenters. The van der Waals surface area contributed by atoms with Crippen molar-refractivity contribution in [3.8, 4) is 0 Å². The van der Waals surface area contributed by atoms with Crippen LogP contribution in [-0.4, -0.2) is 43.5 Å². The number of carbonyl (C=O) groups is 1. The maximum atomic E-state index is 12.0. The van der Waals surface area contributed by atoms with Crippen molar-refractivity contribution in [2.45, 2.75) is 6.42 Å². The van der Waals surface area contributed by atoms with E-state index in [2.05, 4.69) is 4.90 Å². The zero-order chi connectivity index (χ0) is 13.0. The first-order valence-corrected chi connectivity index (χ1v) is 6.15. The van der Waals surface area contributed by atoms with Gasteiger partial charge in [0.1, 0.15) is 0 Å². The van der Waals surface area contributed by atoms with Crippen molar-refractivity contribution in [1.82, 2.24) is 4.90 Å². The second kappa shape index (κ2) is 5.84. The molecule has 0 atom stereocenters. The molecular formula is C13H19N3O2. The summed E-state index contributed by atoms with van der Waals surface area (Å²) in [7, 11) is 0. The average molecular weight is 249 g/mol. The number of benzene rings is 1. The highest BCUT2D eigenvalue weighted by molar-refractivity contribution is 5.97. The van der Waals surface area contributed by atoms with E-state index in [1.54, 1.807) is 18.2 Å². The summed E-state index contributed by atoms with van der Waals surface area (Å²) < 4.78 is 5.26. The standard InChI is InChI=1S/C13H19N3O2/c14-11-2-1-10(9-12(11)15)13(17)3-4-16-5-7-18-8-6-16/h1-2,9H,3-8,14-15H2. The van der Waals surface area contributed by atoms with Crippen LogP contribution in [0.15, 0.2) is 18.2 Å². The van der Waals surface area contributed by atoms with Gasteiger partial charge in [0.2, 0.25) is 0 Å². The van der Waals surface area contributed by atoms with Crippen molar-refractivity contribution in [3.63, 3.8) is 0 Å². The van der Waals surface area contributed by atoms with E-state index in [1.807, 2.05) is 0 Å². The predicted octanol–water partition coefficient (Wildman–Crippen LogP) is 0.756. The Kier molecular flexibility index (Phi) is 4.17. The maximum Gasteiger partial charge on any atom is 0.164 e. The van der Waals surface area contributed by atoms with E-state index in [0.29, 0.717) is 23.4 Å². The van der Waals surface area contributed by atoms with Crippen LogP contribution in [0.2, 0.25) is 0 Å². The van der Waals surface area contributed by atoms with Crippen LogP contribution in [0.5, 0.6) is 0 Å². The molecular weight excluding hydrogens is 230 g/mol. The number of hydrogen-bond donors (Lipinski definition) is 2. The molecule has 5 heteroatoms. The number of ether oxygens (including phenoxy) is 1. The number of morpholine rings is 1. The first kappa shape index (κ1) is 12.9. The van der Waals surface area contributed by atoms with E-state index < -0.39 is 0 Å². The SMILES string of the molecule is Nc1ccc(C(=O)CCN2CCOCC2)cc1N. The van der Waals surface area contributed by atoms with Gasteiger partial charge in [-0.15, -0.1) is 0 Å². The van der Waals surface area contributed by atoms with Crippen LogP contribution in [0.3, 0.4) is 0 Å². The monoisotopic (exact) mass is 249 g/mol. The zero-order valence-electron chi connectivity index (χ0n) is 10.4. The highest BCUT2D eigenvalue weighted by atomic mass is 16.5. The van der Waals surface area contributed by atoms with Crippen LogP contribution in [-0.2, 0) is 4.74 Å². The molecule has 1 aliphatic rings. The van der Waals surface area contributed by atoms with Gasteiger partial charge in [0.05, 0.1) is 24.6 Å². The van der Waals surface area contributed by atoms with Crippen molar-refractivity contribution in [1.29, 1.82) is 0 Å². The van der Waals surface area contributed by atoms with Gasteiger partial charge in [-0.25, -0.2) is 0 Å². The molecule has 0 radical (unpaired) electrons. The third kappa shape index (κ3) is 3.21. The zero-order valence-corrected chi connectivity index (χ0v) is 10.4. The Morgan fingerprint density at radius 3 is 2.61 bits per heavy atom. The third-order valence-corrected chi connectivity index (χ3v) is 3.17. The lowest BCUT2D eigenvalue weighted by molar-refractivity contribution is 0.0370. The van der Waals surface area contributed by atoms with Crippen LogP contribution in [0, 0.1) is 0 Å². The fourth-order valence-corrected chi connectivity index (χ4v) is 1.98. The van der Waals surface area contributed by atoms with Gasteiger partial charge in [0.15, 0.2) is 5.78 Å². The van der Waals surface area contributed by atoms with Gasteiger partial charge < -0.3 is 16.2 Å². The van der Waals surface area contributed by atoms with Gasteiger partial charge in [0, 0.05) is 31.6 Å². The number of anilines is 2. The van der Waals surface area contributed by atoms with E-state index in [1.165, 1.54) is 0 Å². The van der Waals surface area contributed by atoms with Crippen molar-refractivity contribution in [3.05, 3.63) is 23.8 Å². The fourth-order valence-electron chi connectivity index (χ4n) is 1.98. The molecule has 1 fully saturated rings. The topological polar surface area (TPSA) is 81.6 Å². The predicted molar refractivity (Wildman–Crippen MR) is 71.5 cm³/mol. The molecule has 0 saturated carbocycles. The largest absolute Gasteiger partial charge is 0.397 e.